The van der Waals surface area contributed by atoms with Crippen molar-refractivity contribution in [2.24, 2.45) is 5.92 Å². The number of carboxylic acid groups (broad SMARTS) is 1. The molecule has 0 saturated heterocycles. The molecule has 1 rings (SSSR count). The molecule has 1 aromatic heterocycles. The molecule has 1 aromatic rings. The number of carboxylic acids is 1. The zero-order valence-corrected chi connectivity index (χ0v) is 9.55. The van der Waals surface area contributed by atoms with E-state index in [1.807, 2.05) is 6.07 Å². The first-order valence-electron chi connectivity index (χ1n) is 5.33. The summed E-state index contributed by atoms with van der Waals surface area (Å²) in [5, 5.41) is 20.4. The van der Waals surface area contributed by atoms with Crippen LogP contribution < -0.4 is 5.32 Å². The maximum Gasteiger partial charge on any atom is 0.306 e. The Balaban J connectivity index is 2.37. The standard InChI is InChI=1S/C11H14N4O2/c1-8(11(16)17)3-2-4-14-10-9(7-12)13-5-6-15-10/h5-6,8H,2-4H2,1H3,(H,14,15)(H,16,17). The van der Waals surface area contributed by atoms with Crippen molar-refractivity contribution in [2.45, 2.75) is 19.8 Å². The molecular weight excluding hydrogens is 220 g/mol. The van der Waals surface area contributed by atoms with Gasteiger partial charge in [-0.25, -0.2) is 9.97 Å². The molecule has 0 radical (unpaired) electrons. The lowest BCUT2D eigenvalue weighted by molar-refractivity contribution is -0.141. The van der Waals surface area contributed by atoms with Gasteiger partial charge in [0.05, 0.1) is 5.92 Å². The maximum absolute atomic E-state index is 10.6. The third-order valence-electron chi connectivity index (χ3n) is 2.33. The molecule has 6 nitrogen and oxygen atoms in total. The zero-order valence-electron chi connectivity index (χ0n) is 9.55. The summed E-state index contributed by atoms with van der Waals surface area (Å²) in [5.74, 6) is -0.700. The molecule has 0 fully saturated rings. The molecule has 0 aliphatic heterocycles. The smallest absolute Gasteiger partial charge is 0.306 e. The van der Waals surface area contributed by atoms with E-state index in [2.05, 4.69) is 15.3 Å². The van der Waals surface area contributed by atoms with Crippen molar-refractivity contribution < 1.29 is 9.90 Å². The molecule has 0 saturated carbocycles. The van der Waals surface area contributed by atoms with Gasteiger partial charge < -0.3 is 10.4 Å². The monoisotopic (exact) mass is 234 g/mol. The largest absolute Gasteiger partial charge is 0.481 e. The van der Waals surface area contributed by atoms with Crippen molar-refractivity contribution in [3.05, 3.63) is 18.1 Å². The van der Waals surface area contributed by atoms with Gasteiger partial charge in [-0.05, 0) is 12.8 Å². The van der Waals surface area contributed by atoms with E-state index in [1.165, 1.54) is 12.4 Å². The lowest BCUT2D eigenvalue weighted by Crippen LogP contribution is -2.12. The molecule has 0 aliphatic rings. The summed E-state index contributed by atoms with van der Waals surface area (Å²) < 4.78 is 0. The zero-order chi connectivity index (χ0) is 12.7. The average molecular weight is 234 g/mol. The molecule has 90 valence electrons. The summed E-state index contributed by atoms with van der Waals surface area (Å²) in [5.41, 5.74) is 0.249. The fourth-order valence-corrected chi connectivity index (χ4v) is 1.29. The molecular formula is C11H14N4O2. The number of anilines is 1. The molecule has 1 atom stereocenters. The van der Waals surface area contributed by atoms with Crippen LogP contribution in [0.25, 0.3) is 0 Å². The van der Waals surface area contributed by atoms with Crippen molar-refractivity contribution in [2.75, 3.05) is 11.9 Å². The maximum atomic E-state index is 10.6. The third-order valence-corrected chi connectivity index (χ3v) is 2.33. The number of nitrogens with zero attached hydrogens (tertiary/aromatic N) is 3. The van der Waals surface area contributed by atoms with E-state index in [9.17, 15) is 4.79 Å². The molecule has 0 spiro atoms. The Labute approximate surface area is 99.3 Å². The van der Waals surface area contributed by atoms with Crippen LogP contribution in [0.4, 0.5) is 5.82 Å². The van der Waals surface area contributed by atoms with Gasteiger partial charge in [-0.1, -0.05) is 6.92 Å². The van der Waals surface area contributed by atoms with Crippen molar-refractivity contribution in [1.82, 2.24) is 9.97 Å². The molecule has 0 amide bonds. The Bertz CT molecular complexity index is 428. The topological polar surface area (TPSA) is 98.9 Å². The number of nitrogens with one attached hydrogen (secondary N) is 1. The van der Waals surface area contributed by atoms with E-state index in [0.717, 1.165) is 0 Å². The van der Waals surface area contributed by atoms with Crippen LogP contribution in [0.3, 0.4) is 0 Å². The normalized spacial score (nSPS) is 11.5. The fraction of sp³-hybridized carbons (Fsp3) is 0.455. The SMILES string of the molecule is CC(CCCNc1nccnc1C#N)C(=O)O. The third kappa shape index (κ3) is 4.07. The molecule has 6 heteroatoms. The van der Waals surface area contributed by atoms with Gasteiger partial charge in [0, 0.05) is 18.9 Å². The molecule has 1 unspecified atom stereocenters. The van der Waals surface area contributed by atoms with Crippen LogP contribution in [0.5, 0.6) is 0 Å². The molecule has 0 aromatic carbocycles. The van der Waals surface area contributed by atoms with Crippen molar-refractivity contribution in [3.8, 4) is 6.07 Å². The van der Waals surface area contributed by atoms with Crippen LogP contribution in [-0.2, 0) is 4.79 Å². The van der Waals surface area contributed by atoms with Crippen LogP contribution in [0, 0.1) is 17.2 Å². The van der Waals surface area contributed by atoms with E-state index in [0.29, 0.717) is 25.2 Å². The summed E-state index contributed by atoms with van der Waals surface area (Å²) in [6.07, 6.45) is 4.25. The Hall–Kier alpha value is -2.16. The van der Waals surface area contributed by atoms with Crippen LogP contribution in [-0.4, -0.2) is 27.6 Å². The van der Waals surface area contributed by atoms with Gasteiger partial charge in [-0.2, -0.15) is 5.26 Å². The van der Waals surface area contributed by atoms with E-state index in [1.54, 1.807) is 6.92 Å². The molecule has 17 heavy (non-hydrogen) atoms. The number of carbonyl (C=O) groups is 1. The Kier molecular flexibility index (Phi) is 4.88. The van der Waals surface area contributed by atoms with Gasteiger partial charge in [0.1, 0.15) is 6.07 Å². The quantitative estimate of drug-likeness (QED) is 0.719. The minimum absolute atomic E-state index is 0.249. The highest BCUT2D eigenvalue weighted by atomic mass is 16.4. The summed E-state index contributed by atoms with van der Waals surface area (Å²) in [7, 11) is 0. The second-order valence-electron chi connectivity index (χ2n) is 3.67. The molecule has 0 aliphatic carbocycles. The minimum Gasteiger partial charge on any atom is -0.481 e. The highest BCUT2D eigenvalue weighted by Crippen LogP contribution is 2.09. The van der Waals surface area contributed by atoms with Gasteiger partial charge in [-0.3, -0.25) is 4.79 Å². The van der Waals surface area contributed by atoms with Crippen LogP contribution in [0.15, 0.2) is 12.4 Å². The Morgan fingerprint density at radius 1 is 1.59 bits per heavy atom. The van der Waals surface area contributed by atoms with Crippen molar-refractivity contribution in [1.29, 1.82) is 5.26 Å². The van der Waals surface area contributed by atoms with Crippen molar-refractivity contribution in [3.63, 3.8) is 0 Å². The van der Waals surface area contributed by atoms with E-state index >= 15 is 0 Å². The molecule has 2 N–H and O–H groups in total. The Morgan fingerprint density at radius 3 is 2.94 bits per heavy atom. The average Bonchev–Trinajstić information content (AvgIpc) is 2.34. The Morgan fingerprint density at radius 2 is 2.29 bits per heavy atom. The highest BCUT2D eigenvalue weighted by Gasteiger charge is 2.10. The first kappa shape index (κ1) is 12.9. The van der Waals surface area contributed by atoms with E-state index in [-0.39, 0.29) is 11.6 Å². The van der Waals surface area contributed by atoms with Crippen molar-refractivity contribution >= 4 is 11.8 Å². The summed E-state index contributed by atoms with van der Waals surface area (Å²) >= 11 is 0. The van der Waals surface area contributed by atoms with E-state index in [4.69, 9.17) is 10.4 Å². The second kappa shape index (κ2) is 6.43. The van der Waals surface area contributed by atoms with Gasteiger partial charge in [-0.15, -0.1) is 0 Å². The molecule has 1 heterocycles. The van der Waals surface area contributed by atoms with E-state index < -0.39 is 5.97 Å². The number of aromatic nitrogens is 2. The summed E-state index contributed by atoms with van der Waals surface area (Å²) in [6, 6.07) is 1.93. The van der Waals surface area contributed by atoms with Gasteiger partial charge in [0.15, 0.2) is 11.5 Å². The van der Waals surface area contributed by atoms with Crippen LogP contribution >= 0.6 is 0 Å². The number of hydrogen-bond acceptors (Lipinski definition) is 5. The summed E-state index contributed by atoms with van der Waals surface area (Å²) in [4.78, 5) is 18.4. The van der Waals surface area contributed by atoms with Gasteiger partial charge >= 0.3 is 5.97 Å². The number of nitriles is 1. The van der Waals surface area contributed by atoms with Gasteiger partial charge in [0.2, 0.25) is 0 Å². The van der Waals surface area contributed by atoms with Crippen LogP contribution in [0.1, 0.15) is 25.5 Å². The number of hydrogen-bond donors (Lipinski definition) is 2. The highest BCUT2D eigenvalue weighted by molar-refractivity contribution is 5.69. The number of rotatable bonds is 6. The summed E-state index contributed by atoms with van der Waals surface area (Å²) in [6.45, 7) is 2.25. The van der Waals surface area contributed by atoms with Gasteiger partial charge in [0.25, 0.3) is 0 Å². The van der Waals surface area contributed by atoms with Crippen LogP contribution in [0.2, 0.25) is 0 Å². The first-order chi connectivity index (χ1) is 8.15. The molecule has 0 bridgehead atoms. The minimum atomic E-state index is -0.790. The second-order valence-corrected chi connectivity index (χ2v) is 3.67. The number of aliphatic carboxylic acids is 1. The lowest BCUT2D eigenvalue weighted by Gasteiger charge is -2.08. The lowest BCUT2D eigenvalue weighted by atomic mass is 10.1. The predicted molar refractivity (Wildman–Crippen MR) is 61.3 cm³/mol. The first-order valence-corrected chi connectivity index (χ1v) is 5.33. The predicted octanol–water partition coefficient (Wildman–Crippen LogP) is 1.26. The fourth-order valence-electron chi connectivity index (χ4n) is 1.29.